The van der Waals surface area contributed by atoms with E-state index in [1.807, 2.05) is 20.9 Å². The van der Waals surface area contributed by atoms with Crippen LogP contribution in [0.4, 0.5) is 13.2 Å². The highest BCUT2D eigenvalue weighted by molar-refractivity contribution is 5.97. The molecule has 0 saturated carbocycles. The first-order valence-electron chi connectivity index (χ1n) is 8.62. The molecule has 1 aromatic rings. The van der Waals surface area contributed by atoms with Crippen molar-refractivity contribution in [2.24, 2.45) is 5.92 Å². The Labute approximate surface area is 151 Å². The first-order chi connectivity index (χ1) is 12.2. The van der Waals surface area contributed by atoms with Crippen LogP contribution in [0.2, 0.25) is 0 Å². The Morgan fingerprint density at radius 3 is 2.27 bits per heavy atom. The molecule has 0 aromatic heterocycles. The fourth-order valence-corrected chi connectivity index (χ4v) is 2.88. The van der Waals surface area contributed by atoms with Gasteiger partial charge in [-0.3, -0.25) is 9.59 Å². The van der Waals surface area contributed by atoms with Gasteiger partial charge in [-0.2, -0.15) is 0 Å². The molecule has 26 heavy (non-hydrogen) atoms. The van der Waals surface area contributed by atoms with Crippen molar-refractivity contribution in [2.75, 3.05) is 33.2 Å². The summed E-state index contributed by atoms with van der Waals surface area (Å²) in [5.41, 5.74) is -0.621. The lowest BCUT2D eigenvalue weighted by Crippen LogP contribution is -2.54. The van der Waals surface area contributed by atoms with E-state index in [1.54, 1.807) is 4.90 Å². The van der Waals surface area contributed by atoms with E-state index in [2.05, 4.69) is 10.2 Å². The number of piperazine rings is 1. The van der Waals surface area contributed by atoms with Gasteiger partial charge in [-0.25, -0.2) is 13.2 Å². The molecular weight excluding hydrogens is 347 g/mol. The number of halogens is 3. The number of hydrogen-bond acceptors (Lipinski definition) is 3. The Morgan fingerprint density at radius 2 is 1.69 bits per heavy atom. The summed E-state index contributed by atoms with van der Waals surface area (Å²) < 4.78 is 40.3. The van der Waals surface area contributed by atoms with Crippen molar-refractivity contribution in [2.45, 2.75) is 26.3 Å². The lowest BCUT2D eigenvalue weighted by molar-refractivity contribution is -0.135. The SMILES string of the molecule is CC(C)C[C@H](NC(=O)c1ccc(F)c(F)c1F)C(=O)N1CCN(C)CC1. The minimum absolute atomic E-state index is 0.103. The smallest absolute Gasteiger partial charge is 0.255 e. The van der Waals surface area contributed by atoms with Crippen LogP contribution in [0.25, 0.3) is 0 Å². The molecule has 1 saturated heterocycles. The highest BCUT2D eigenvalue weighted by atomic mass is 19.2. The fraction of sp³-hybridized carbons (Fsp3) is 0.556. The summed E-state index contributed by atoms with van der Waals surface area (Å²) in [6.07, 6.45) is 0.363. The molecule has 0 spiro atoms. The van der Waals surface area contributed by atoms with E-state index in [0.717, 1.165) is 19.2 Å². The van der Waals surface area contributed by atoms with Gasteiger partial charge in [0, 0.05) is 26.2 Å². The first kappa shape index (κ1) is 20.2. The van der Waals surface area contributed by atoms with Crippen molar-refractivity contribution in [3.05, 3.63) is 35.1 Å². The van der Waals surface area contributed by atoms with Gasteiger partial charge >= 0.3 is 0 Å². The van der Waals surface area contributed by atoms with Crippen LogP contribution in [0, 0.1) is 23.4 Å². The molecule has 0 unspecified atom stereocenters. The van der Waals surface area contributed by atoms with Gasteiger partial charge in [0.1, 0.15) is 6.04 Å². The third kappa shape index (κ3) is 4.75. The molecule has 2 rings (SSSR count). The van der Waals surface area contributed by atoms with Crippen molar-refractivity contribution in [3.8, 4) is 0 Å². The molecule has 0 radical (unpaired) electrons. The van der Waals surface area contributed by atoms with Crippen LogP contribution in [0.15, 0.2) is 12.1 Å². The largest absolute Gasteiger partial charge is 0.340 e. The highest BCUT2D eigenvalue weighted by Crippen LogP contribution is 2.16. The van der Waals surface area contributed by atoms with Crippen molar-refractivity contribution >= 4 is 11.8 Å². The maximum atomic E-state index is 13.8. The van der Waals surface area contributed by atoms with Gasteiger partial charge < -0.3 is 15.1 Å². The Bertz CT molecular complexity index is 674. The van der Waals surface area contributed by atoms with Crippen molar-refractivity contribution < 1.29 is 22.8 Å². The summed E-state index contributed by atoms with van der Waals surface area (Å²) in [6.45, 7) is 6.33. The first-order valence-corrected chi connectivity index (χ1v) is 8.62. The van der Waals surface area contributed by atoms with Crippen LogP contribution < -0.4 is 5.32 Å². The molecule has 5 nitrogen and oxygen atoms in total. The minimum Gasteiger partial charge on any atom is -0.340 e. The average molecular weight is 371 g/mol. The normalized spacial score (nSPS) is 16.7. The van der Waals surface area contributed by atoms with Crippen LogP contribution in [-0.2, 0) is 4.79 Å². The number of carbonyl (C=O) groups is 2. The molecule has 0 bridgehead atoms. The summed E-state index contributed by atoms with van der Waals surface area (Å²) >= 11 is 0. The number of nitrogens with one attached hydrogen (secondary N) is 1. The van der Waals surface area contributed by atoms with Gasteiger partial charge in [0.05, 0.1) is 5.56 Å². The molecule has 144 valence electrons. The second kappa shape index (κ2) is 8.53. The molecule has 1 fully saturated rings. The summed E-state index contributed by atoms with van der Waals surface area (Å²) in [5, 5.41) is 2.49. The summed E-state index contributed by atoms with van der Waals surface area (Å²) in [6, 6.07) is 0.710. The fourth-order valence-electron chi connectivity index (χ4n) is 2.88. The Kier molecular flexibility index (Phi) is 6.63. The van der Waals surface area contributed by atoms with Crippen LogP contribution in [0.1, 0.15) is 30.6 Å². The standard InChI is InChI=1S/C18H24F3N3O2/c1-11(2)10-14(18(26)24-8-6-23(3)7-9-24)22-17(25)12-4-5-13(19)16(21)15(12)20/h4-5,11,14H,6-10H2,1-3H3,(H,22,25)/t14-/m0/s1. The zero-order valence-corrected chi connectivity index (χ0v) is 15.2. The Balaban J connectivity index is 2.15. The second-order valence-electron chi connectivity index (χ2n) is 7.01. The third-order valence-corrected chi connectivity index (χ3v) is 4.41. The topological polar surface area (TPSA) is 52.7 Å². The predicted octanol–water partition coefficient (Wildman–Crippen LogP) is 2.02. The monoisotopic (exact) mass is 371 g/mol. The van der Waals surface area contributed by atoms with Gasteiger partial charge in [-0.15, -0.1) is 0 Å². The number of nitrogens with zero attached hydrogens (tertiary/aromatic N) is 2. The van der Waals surface area contributed by atoms with Crippen molar-refractivity contribution in [3.63, 3.8) is 0 Å². The maximum absolute atomic E-state index is 13.8. The highest BCUT2D eigenvalue weighted by Gasteiger charge is 2.30. The molecule has 1 N–H and O–H groups in total. The molecule has 1 aliphatic rings. The molecule has 1 heterocycles. The lowest BCUT2D eigenvalue weighted by Gasteiger charge is -2.35. The number of carbonyl (C=O) groups excluding carboxylic acids is 2. The molecule has 8 heteroatoms. The Morgan fingerprint density at radius 1 is 1.08 bits per heavy atom. The van der Waals surface area contributed by atoms with Gasteiger partial charge in [0.15, 0.2) is 17.5 Å². The summed E-state index contributed by atoms with van der Waals surface area (Å²) in [7, 11) is 1.96. The maximum Gasteiger partial charge on any atom is 0.255 e. The van der Waals surface area contributed by atoms with Gasteiger partial charge in [-0.05, 0) is 31.5 Å². The number of likely N-dealkylation sites (N-methyl/N-ethyl adjacent to an activating group) is 1. The van der Waals surface area contributed by atoms with E-state index in [9.17, 15) is 22.8 Å². The molecule has 1 aliphatic heterocycles. The van der Waals surface area contributed by atoms with E-state index < -0.39 is 35.0 Å². The number of amides is 2. The third-order valence-electron chi connectivity index (χ3n) is 4.41. The summed E-state index contributed by atoms with van der Waals surface area (Å²) in [4.78, 5) is 28.9. The molecule has 1 atom stereocenters. The average Bonchev–Trinajstić information content (AvgIpc) is 2.58. The minimum atomic E-state index is -1.71. The van der Waals surface area contributed by atoms with Crippen LogP contribution in [0.5, 0.6) is 0 Å². The van der Waals surface area contributed by atoms with Crippen LogP contribution >= 0.6 is 0 Å². The zero-order chi connectivity index (χ0) is 19.4. The molecular formula is C18H24F3N3O2. The molecule has 2 amide bonds. The van der Waals surface area contributed by atoms with Crippen molar-refractivity contribution in [1.29, 1.82) is 0 Å². The van der Waals surface area contributed by atoms with Gasteiger partial charge in [0.2, 0.25) is 5.91 Å². The zero-order valence-electron chi connectivity index (χ0n) is 15.2. The molecule has 0 aliphatic carbocycles. The number of hydrogen-bond donors (Lipinski definition) is 1. The molecule has 1 aromatic carbocycles. The van der Waals surface area contributed by atoms with E-state index in [1.165, 1.54) is 0 Å². The van der Waals surface area contributed by atoms with E-state index in [4.69, 9.17) is 0 Å². The summed E-state index contributed by atoms with van der Waals surface area (Å²) in [5.74, 6) is -5.71. The Hall–Kier alpha value is -2.09. The predicted molar refractivity (Wildman–Crippen MR) is 91.1 cm³/mol. The second-order valence-corrected chi connectivity index (χ2v) is 7.01. The van der Waals surface area contributed by atoms with Crippen LogP contribution in [0.3, 0.4) is 0 Å². The van der Waals surface area contributed by atoms with Gasteiger partial charge in [-0.1, -0.05) is 13.8 Å². The number of benzene rings is 1. The quantitative estimate of drug-likeness (QED) is 0.806. The van der Waals surface area contributed by atoms with Gasteiger partial charge in [0.25, 0.3) is 5.91 Å². The van der Waals surface area contributed by atoms with E-state index >= 15 is 0 Å². The lowest BCUT2D eigenvalue weighted by atomic mass is 10.0. The number of rotatable bonds is 5. The van der Waals surface area contributed by atoms with Crippen LogP contribution in [-0.4, -0.2) is 60.9 Å². The van der Waals surface area contributed by atoms with Crippen molar-refractivity contribution in [1.82, 2.24) is 15.1 Å². The van der Waals surface area contributed by atoms with E-state index in [0.29, 0.717) is 25.6 Å². The van der Waals surface area contributed by atoms with E-state index in [-0.39, 0.29) is 11.8 Å².